The van der Waals surface area contributed by atoms with Gasteiger partial charge in [0, 0.05) is 17.4 Å². The molecule has 44 valence electrons. The molecule has 0 aliphatic rings. The first-order chi connectivity index (χ1) is 0. The molecule has 0 fully saturated rings. The maximum Gasteiger partial charge on any atom is 2.00 e. The van der Waals surface area contributed by atoms with Crippen LogP contribution in [0.15, 0.2) is 0 Å². The Morgan fingerprint density at radius 1 is 0.667 bits per heavy atom. The maximum atomic E-state index is 0. The molecule has 0 saturated carbocycles. The van der Waals surface area contributed by atoms with Gasteiger partial charge in [-0.25, -0.2) is 0 Å². The summed E-state index contributed by atoms with van der Waals surface area (Å²) in [4.78, 5) is 0. The Balaban J connectivity index is 0. The van der Waals surface area contributed by atoms with Crippen LogP contribution in [0.1, 0.15) is 0 Å². The summed E-state index contributed by atoms with van der Waals surface area (Å²) in [6.07, 6.45) is 0. The normalized spacial score (nSPS) is 0. The molecule has 0 rings (SSSR count). The van der Waals surface area contributed by atoms with Gasteiger partial charge in [0.25, 0.3) is 0 Å². The fraction of sp³-hybridized carbons (Fsp3) is 0. The van der Waals surface area contributed by atoms with E-state index in [4.69, 9.17) is 0 Å². The van der Waals surface area contributed by atoms with E-state index in [0.29, 0.717) is 0 Å². The predicted octanol–water partition coefficient (Wildman–Crippen LogP) is -2.01. The minimum atomic E-state index is 0. The first-order valence-electron chi connectivity index (χ1n) is 0. The van der Waals surface area contributed by atoms with E-state index in [-0.39, 0.29) is 56.3 Å². The Kier molecular flexibility index (Phi) is 8880. The van der Waals surface area contributed by atoms with Crippen LogP contribution >= 0.6 is 0 Å². The Morgan fingerprint density at radius 3 is 0.667 bits per heavy atom. The van der Waals surface area contributed by atoms with Crippen LogP contribution in [0.5, 0.6) is 0 Å². The van der Waals surface area contributed by atoms with Crippen LogP contribution in [0.3, 0.4) is 0 Å². The third-order valence-corrected chi connectivity index (χ3v) is 0. The topological polar surface area (TPSA) is 123 Å². The van der Waals surface area contributed by atoms with Gasteiger partial charge in [0.2, 0.25) is 0 Å². The Bertz CT molecular complexity index is 7.51. The molecule has 0 aliphatic heterocycles. The molecule has 0 spiro atoms. The zero-order chi connectivity index (χ0) is 0. The summed E-state index contributed by atoms with van der Waals surface area (Å²) < 4.78 is 0. The summed E-state index contributed by atoms with van der Waals surface area (Å²) >= 11 is 0. The predicted molar refractivity (Wildman–Crippen MR) is 11.1 cm³/mol. The van der Waals surface area contributed by atoms with Gasteiger partial charge in [0.05, 0.1) is 0 Å². The molecule has 6 N–H and O–H groups in total. The third-order valence-electron chi connectivity index (χ3n) is 0. The average molecular weight is 178 g/mol. The van der Waals surface area contributed by atoms with E-state index >= 15 is 0 Å². The molecule has 6 heavy (non-hydrogen) atoms. The van der Waals surface area contributed by atoms with Crippen molar-refractivity contribution in [3.8, 4) is 0 Å². The summed E-state index contributed by atoms with van der Waals surface area (Å²) in [6.45, 7) is 0. The summed E-state index contributed by atoms with van der Waals surface area (Å²) in [5.41, 5.74) is 0. The second-order valence-corrected chi connectivity index (χ2v) is 0. The molecule has 0 heterocycles. The second-order valence-electron chi connectivity index (χ2n) is 0. The van der Waals surface area contributed by atoms with E-state index in [2.05, 4.69) is 0 Å². The van der Waals surface area contributed by atoms with Crippen molar-refractivity contribution in [3.05, 3.63) is 0 Å². The summed E-state index contributed by atoms with van der Waals surface area (Å²) in [7, 11) is 0. The zero-order valence-corrected chi connectivity index (χ0v) is 5.04. The van der Waals surface area contributed by atoms with E-state index in [9.17, 15) is 0 Å². The fourth-order valence-electron chi connectivity index (χ4n) is 0. The van der Waals surface area contributed by atoms with Gasteiger partial charge in [-0.1, -0.05) is 0 Å². The molecular weight excluding hydrogens is 172 g/mol. The quantitative estimate of drug-likeness (QED) is 0.397. The first kappa shape index (κ1) is 301. The minimum Gasteiger partial charge on any atom is -0.870 e. The van der Waals surface area contributed by atoms with E-state index in [1.54, 1.807) is 0 Å². The van der Waals surface area contributed by atoms with Gasteiger partial charge in [-0.2, -0.15) is 0 Å². The molecule has 0 radical (unpaired) electrons. The number of hydrogen-bond acceptors (Lipinski definition) is 2. The van der Waals surface area contributed by atoms with Gasteiger partial charge < -0.3 is 21.9 Å². The number of rotatable bonds is 0. The van der Waals surface area contributed by atoms with Crippen LogP contribution in [-0.2, 0) is 34.4 Å². The fourth-order valence-corrected chi connectivity index (χ4v) is 0. The van der Waals surface area contributed by atoms with E-state index in [1.807, 2.05) is 0 Å². The molecule has 0 atom stereocenters. The van der Waals surface area contributed by atoms with Crippen LogP contribution in [0, 0.1) is 0 Å². The average Bonchev–Trinajstić information content (AvgIpc) is 0. The van der Waals surface area contributed by atoms with Crippen LogP contribution in [0.4, 0.5) is 0 Å². The first-order valence-corrected chi connectivity index (χ1v) is 0. The van der Waals surface area contributed by atoms with E-state index < -0.39 is 0 Å². The molecule has 0 aromatic rings. The summed E-state index contributed by atoms with van der Waals surface area (Å²) in [5.74, 6) is 0. The van der Waals surface area contributed by atoms with Crippen molar-refractivity contribution >= 4 is 0 Å². The molecule has 0 amide bonds. The van der Waals surface area contributed by atoms with Gasteiger partial charge in [0.15, 0.2) is 0 Å². The molecule has 0 saturated heterocycles. The van der Waals surface area contributed by atoms with Gasteiger partial charge in [-0.3, -0.25) is 0 Å². The smallest absolute Gasteiger partial charge is 0.870 e. The molecular formula is H6CrFeO4. The SMILES string of the molecule is O.O.[Cr].[Fe+2].[OH-].[OH-]. The van der Waals surface area contributed by atoms with Crippen molar-refractivity contribution in [2.45, 2.75) is 0 Å². The van der Waals surface area contributed by atoms with Gasteiger partial charge >= 0.3 is 17.1 Å². The van der Waals surface area contributed by atoms with Crippen LogP contribution in [0.2, 0.25) is 0 Å². The standard InChI is InChI=1S/Cr.Fe.4H2O/h;;4*1H2/q;+2;;;;/p-2. The van der Waals surface area contributed by atoms with Gasteiger partial charge in [-0.15, -0.1) is 0 Å². The molecule has 0 aromatic carbocycles. The van der Waals surface area contributed by atoms with Crippen molar-refractivity contribution in [1.82, 2.24) is 0 Å². The van der Waals surface area contributed by atoms with Crippen molar-refractivity contribution in [2.24, 2.45) is 0 Å². The molecule has 6 heteroatoms. The molecule has 4 nitrogen and oxygen atoms in total. The van der Waals surface area contributed by atoms with Gasteiger partial charge in [0.1, 0.15) is 0 Å². The monoisotopic (exact) mass is 178 g/mol. The molecule has 0 bridgehead atoms. The van der Waals surface area contributed by atoms with Crippen LogP contribution < -0.4 is 0 Å². The maximum absolute atomic E-state index is 0. The third kappa shape index (κ3) is 93.1. The van der Waals surface area contributed by atoms with Crippen LogP contribution in [0.25, 0.3) is 0 Å². The molecule has 0 unspecified atom stereocenters. The van der Waals surface area contributed by atoms with Crippen molar-refractivity contribution < 1.29 is 56.3 Å². The Morgan fingerprint density at radius 2 is 0.667 bits per heavy atom. The Labute approximate surface area is 56.8 Å². The molecule has 0 aliphatic carbocycles. The summed E-state index contributed by atoms with van der Waals surface area (Å²) in [5, 5.41) is 0. The second kappa shape index (κ2) is 177. The van der Waals surface area contributed by atoms with Gasteiger partial charge in [-0.05, 0) is 0 Å². The van der Waals surface area contributed by atoms with Crippen molar-refractivity contribution in [2.75, 3.05) is 0 Å². The Hall–Kier alpha value is 0.892. The largest absolute Gasteiger partial charge is 2.00 e. The summed E-state index contributed by atoms with van der Waals surface area (Å²) in [6, 6.07) is 0. The molecule has 0 aromatic heterocycles. The van der Waals surface area contributed by atoms with Crippen molar-refractivity contribution in [3.63, 3.8) is 0 Å². The van der Waals surface area contributed by atoms with Crippen LogP contribution in [-0.4, -0.2) is 21.9 Å². The number of hydrogen-bond donors (Lipinski definition) is 0. The van der Waals surface area contributed by atoms with E-state index in [0.717, 1.165) is 0 Å². The zero-order valence-electron chi connectivity index (χ0n) is 2.66. The van der Waals surface area contributed by atoms with E-state index in [1.165, 1.54) is 0 Å². The minimum absolute atomic E-state index is 0. The van der Waals surface area contributed by atoms with Crippen molar-refractivity contribution in [1.29, 1.82) is 0 Å².